The zero-order valence-electron chi connectivity index (χ0n) is 13.3. The number of nitrogens with zero attached hydrogens (tertiary/aromatic N) is 3. The molecule has 5 heteroatoms. The fourth-order valence-corrected chi connectivity index (χ4v) is 3.11. The van der Waals surface area contributed by atoms with Crippen molar-refractivity contribution in [2.75, 3.05) is 25.9 Å². The smallest absolute Gasteiger partial charge is 0.131 e. The lowest BCUT2D eigenvalue weighted by molar-refractivity contribution is 0.177. The molecule has 0 aliphatic carbocycles. The molecule has 2 N–H and O–H groups in total. The Labute approximate surface area is 131 Å². The van der Waals surface area contributed by atoms with Crippen molar-refractivity contribution in [2.24, 2.45) is 5.92 Å². The number of likely N-dealkylation sites (tertiary alicyclic amines) is 1. The molecule has 1 saturated heterocycles. The predicted molar refractivity (Wildman–Crippen MR) is 88.2 cm³/mol. The predicted octanol–water partition coefficient (Wildman–Crippen LogP) is 2.70. The molecular weight excluding hydrogens is 276 g/mol. The highest BCUT2D eigenvalue weighted by Gasteiger charge is 2.18. The molecule has 2 heterocycles. The molecule has 1 aromatic heterocycles. The van der Waals surface area contributed by atoms with E-state index >= 15 is 0 Å². The zero-order valence-corrected chi connectivity index (χ0v) is 13.3. The Morgan fingerprint density at radius 3 is 2.77 bits per heavy atom. The van der Waals surface area contributed by atoms with Gasteiger partial charge in [-0.2, -0.15) is 5.10 Å². The van der Waals surface area contributed by atoms with E-state index in [-0.39, 0.29) is 0 Å². The summed E-state index contributed by atoms with van der Waals surface area (Å²) in [6, 6.07) is 7.77. The van der Waals surface area contributed by atoms with Crippen LogP contribution in [0.5, 0.6) is 5.75 Å². The third kappa shape index (κ3) is 3.09. The highest BCUT2D eigenvalue weighted by molar-refractivity contribution is 5.48. The topological polar surface area (TPSA) is 56.3 Å². The van der Waals surface area contributed by atoms with Crippen molar-refractivity contribution in [3.63, 3.8) is 0 Å². The van der Waals surface area contributed by atoms with Crippen LogP contribution in [0.15, 0.2) is 30.5 Å². The van der Waals surface area contributed by atoms with Gasteiger partial charge >= 0.3 is 0 Å². The summed E-state index contributed by atoms with van der Waals surface area (Å²) in [5.41, 5.74) is 8.36. The molecule has 22 heavy (non-hydrogen) atoms. The van der Waals surface area contributed by atoms with E-state index in [2.05, 4.69) is 16.9 Å². The molecule has 1 aliphatic heterocycles. The SMILES string of the molecule is COc1ccc(-n2ncc(CN3CCCC(C)C3)c2N)cc1. The summed E-state index contributed by atoms with van der Waals surface area (Å²) in [5, 5.41) is 4.45. The second kappa shape index (κ2) is 6.40. The van der Waals surface area contributed by atoms with Crippen LogP contribution in [-0.2, 0) is 6.54 Å². The molecule has 3 rings (SSSR count). The number of hydrogen-bond acceptors (Lipinski definition) is 4. The molecule has 2 aromatic rings. The lowest BCUT2D eigenvalue weighted by Gasteiger charge is -2.30. The van der Waals surface area contributed by atoms with E-state index in [1.54, 1.807) is 11.8 Å². The number of rotatable bonds is 4. The number of benzene rings is 1. The van der Waals surface area contributed by atoms with Crippen LogP contribution in [0.1, 0.15) is 25.3 Å². The van der Waals surface area contributed by atoms with Crippen molar-refractivity contribution in [3.8, 4) is 11.4 Å². The largest absolute Gasteiger partial charge is 0.497 e. The van der Waals surface area contributed by atoms with E-state index in [1.165, 1.54) is 12.8 Å². The Kier molecular flexibility index (Phi) is 4.34. The van der Waals surface area contributed by atoms with Gasteiger partial charge in [0.2, 0.25) is 0 Å². The molecule has 0 radical (unpaired) electrons. The molecule has 1 aliphatic rings. The monoisotopic (exact) mass is 300 g/mol. The average molecular weight is 300 g/mol. The number of aromatic nitrogens is 2. The molecule has 0 saturated carbocycles. The first-order valence-electron chi connectivity index (χ1n) is 7.86. The molecule has 0 bridgehead atoms. The number of hydrogen-bond donors (Lipinski definition) is 1. The van der Waals surface area contributed by atoms with E-state index < -0.39 is 0 Å². The summed E-state index contributed by atoms with van der Waals surface area (Å²) in [4.78, 5) is 2.47. The number of anilines is 1. The van der Waals surface area contributed by atoms with Crippen molar-refractivity contribution >= 4 is 5.82 Å². The van der Waals surface area contributed by atoms with Gasteiger partial charge in [0.15, 0.2) is 0 Å². The van der Waals surface area contributed by atoms with Gasteiger partial charge in [0, 0.05) is 18.7 Å². The van der Waals surface area contributed by atoms with Gasteiger partial charge < -0.3 is 10.5 Å². The molecular formula is C17H24N4O. The van der Waals surface area contributed by atoms with Crippen molar-refractivity contribution in [1.82, 2.24) is 14.7 Å². The lowest BCUT2D eigenvalue weighted by atomic mass is 10.00. The highest BCUT2D eigenvalue weighted by atomic mass is 16.5. The van der Waals surface area contributed by atoms with Crippen LogP contribution < -0.4 is 10.5 Å². The Morgan fingerprint density at radius 2 is 2.09 bits per heavy atom. The van der Waals surface area contributed by atoms with Crippen molar-refractivity contribution in [2.45, 2.75) is 26.3 Å². The number of ether oxygens (including phenoxy) is 1. The third-order valence-electron chi connectivity index (χ3n) is 4.34. The molecule has 0 spiro atoms. The number of methoxy groups -OCH3 is 1. The first kappa shape index (κ1) is 14.9. The maximum Gasteiger partial charge on any atom is 0.131 e. The standard InChI is InChI=1S/C17H24N4O/c1-13-4-3-9-20(11-13)12-14-10-19-21(17(14)18)15-5-7-16(22-2)8-6-15/h5-8,10,13H,3-4,9,11-12,18H2,1-2H3. The van der Waals surface area contributed by atoms with Gasteiger partial charge in [-0.3, -0.25) is 4.90 Å². The number of piperidine rings is 1. The molecule has 1 aromatic carbocycles. The van der Waals surface area contributed by atoms with E-state index in [0.29, 0.717) is 0 Å². The van der Waals surface area contributed by atoms with Gasteiger partial charge in [-0.15, -0.1) is 0 Å². The van der Waals surface area contributed by atoms with E-state index in [4.69, 9.17) is 10.5 Å². The maximum atomic E-state index is 6.30. The van der Waals surface area contributed by atoms with Gasteiger partial charge in [-0.05, 0) is 49.6 Å². The quantitative estimate of drug-likeness (QED) is 0.943. The highest BCUT2D eigenvalue weighted by Crippen LogP contribution is 2.23. The Balaban J connectivity index is 1.76. The number of nitrogens with two attached hydrogens (primary N) is 1. The molecule has 1 unspecified atom stereocenters. The van der Waals surface area contributed by atoms with Crippen LogP contribution in [-0.4, -0.2) is 34.9 Å². The minimum absolute atomic E-state index is 0.725. The maximum absolute atomic E-state index is 6.30. The van der Waals surface area contributed by atoms with Crippen LogP contribution in [0.4, 0.5) is 5.82 Å². The van der Waals surface area contributed by atoms with Gasteiger partial charge in [-0.25, -0.2) is 4.68 Å². The average Bonchev–Trinajstić information content (AvgIpc) is 2.89. The third-order valence-corrected chi connectivity index (χ3v) is 4.34. The van der Waals surface area contributed by atoms with Crippen LogP contribution in [0, 0.1) is 5.92 Å². The minimum Gasteiger partial charge on any atom is -0.497 e. The van der Waals surface area contributed by atoms with Gasteiger partial charge in [-0.1, -0.05) is 6.92 Å². The first-order chi connectivity index (χ1) is 10.7. The molecule has 0 amide bonds. The fraction of sp³-hybridized carbons (Fsp3) is 0.471. The molecule has 1 fully saturated rings. The van der Waals surface area contributed by atoms with Crippen LogP contribution in [0.2, 0.25) is 0 Å². The first-order valence-corrected chi connectivity index (χ1v) is 7.86. The van der Waals surface area contributed by atoms with E-state index in [1.807, 2.05) is 30.5 Å². The Morgan fingerprint density at radius 1 is 1.32 bits per heavy atom. The van der Waals surface area contributed by atoms with Gasteiger partial charge in [0.1, 0.15) is 11.6 Å². The van der Waals surface area contributed by atoms with E-state index in [9.17, 15) is 0 Å². The Hall–Kier alpha value is -2.01. The fourth-order valence-electron chi connectivity index (χ4n) is 3.11. The summed E-state index contributed by atoms with van der Waals surface area (Å²) >= 11 is 0. The normalized spacial score (nSPS) is 19.3. The zero-order chi connectivity index (χ0) is 15.5. The minimum atomic E-state index is 0.725. The molecule has 1 atom stereocenters. The molecule has 118 valence electrons. The second-order valence-corrected chi connectivity index (χ2v) is 6.15. The molecule has 5 nitrogen and oxygen atoms in total. The Bertz CT molecular complexity index is 620. The lowest BCUT2D eigenvalue weighted by Crippen LogP contribution is -2.33. The van der Waals surface area contributed by atoms with Gasteiger partial charge in [0.05, 0.1) is 19.0 Å². The summed E-state index contributed by atoms with van der Waals surface area (Å²) in [6.45, 7) is 5.49. The van der Waals surface area contributed by atoms with Crippen molar-refractivity contribution in [1.29, 1.82) is 0 Å². The van der Waals surface area contributed by atoms with Crippen molar-refractivity contribution < 1.29 is 4.74 Å². The van der Waals surface area contributed by atoms with E-state index in [0.717, 1.165) is 48.4 Å². The second-order valence-electron chi connectivity index (χ2n) is 6.15. The van der Waals surface area contributed by atoms with Crippen LogP contribution in [0.25, 0.3) is 5.69 Å². The summed E-state index contributed by atoms with van der Waals surface area (Å²) in [7, 11) is 1.66. The summed E-state index contributed by atoms with van der Waals surface area (Å²) < 4.78 is 6.98. The van der Waals surface area contributed by atoms with Crippen LogP contribution >= 0.6 is 0 Å². The summed E-state index contributed by atoms with van der Waals surface area (Å²) in [6.07, 6.45) is 4.49. The van der Waals surface area contributed by atoms with Crippen molar-refractivity contribution in [3.05, 3.63) is 36.0 Å². The van der Waals surface area contributed by atoms with Crippen LogP contribution in [0.3, 0.4) is 0 Å². The van der Waals surface area contributed by atoms with Gasteiger partial charge in [0.25, 0.3) is 0 Å². The summed E-state index contributed by atoms with van der Waals surface area (Å²) in [5.74, 6) is 2.33. The number of nitrogen functional groups attached to an aromatic ring is 1.